The Morgan fingerprint density at radius 3 is 2.76 bits per heavy atom. The van der Waals surface area contributed by atoms with Gasteiger partial charge in [-0.3, -0.25) is 8.89 Å². The molecule has 0 aliphatic rings. The summed E-state index contributed by atoms with van der Waals surface area (Å²) in [6.07, 6.45) is 0. The molecule has 0 radical (unpaired) electrons. The molecule has 0 fully saturated rings. The van der Waals surface area contributed by atoms with Crippen molar-refractivity contribution in [3.63, 3.8) is 0 Å². The summed E-state index contributed by atoms with van der Waals surface area (Å²) >= 11 is 3.49. The number of anilines is 1. The molecule has 0 amide bonds. The highest BCUT2D eigenvalue weighted by atomic mass is 79.9. The van der Waals surface area contributed by atoms with Gasteiger partial charge >= 0.3 is 0 Å². The van der Waals surface area contributed by atoms with Crippen LogP contribution in [-0.4, -0.2) is 20.6 Å². The first kappa shape index (κ1) is 16.0. The lowest BCUT2D eigenvalue weighted by atomic mass is 10.3. The van der Waals surface area contributed by atoms with Crippen LogP contribution in [0.5, 0.6) is 5.75 Å². The number of nitrogen functional groups attached to an aromatic ring is 1. The maximum Gasteiger partial charge on any atom is 0.120 e. The number of hydrogen-bond acceptors (Lipinski definition) is 4. The van der Waals surface area contributed by atoms with Crippen molar-refractivity contribution >= 4 is 32.4 Å². The molecule has 114 valence electrons. The van der Waals surface area contributed by atoms with Crippen LogP contribution < -0.4 is 10.5 Å². The van der Waals surface area contributed by atoms with Crippen molar-refractivity contribution in [1.29, 1.82) is 0 Å². The Morgan fingerprint density at radius 2 is 2.19 bits per heavy atom. The van der Waals surface area contributed by atoms with E-state index >= 15 is 0 Å². The topological polar surface area (TPSA) is 70.1 Å². The summed E-state index contributed by atoms with van der Waals surface area (Å²) in [6.45, 7) is 4.37. The van der Waals surface area contributed by atoms with Crippen molar-refractivity contribution in [3.05, 3.63) is 34.1 Å². The molecule has 21 heavy (non-hydrogen) atoms. The van der Waals surface area contributed by atoms with Crippen LogP contribution in [0.1, 0.15) is 18.3 Å². The second kappa shape index (κ2) is 6.62. The zero-order valence-corrected chi connectivity index (χ0v) is 14.6. The average molecular weight is 372 g/mol. The van der Waals surface area contributed by atoms with E-state index in [1.54, 1.807) is 22.9 Å². The summed E-state index contributed by atoms with van der Waals surface area (Å²) in [7, 11) is 0.575. The maximum absolute atomic E-state index is 12.6. The van der Waals surface area contributed by atoms with Gasteiger partial charge in [-0.25, -0.2) is 0 Å². The molecule has 0 bridgehead atoms. The molecule has 0 spiro atoms. The number of aromatic nitrogens is 2. The largest absolute Gasteiger partial charge is 0.494 e. The molecule has 1 atom stereocenters. The Morgan fingerprint density at radius 1 is 1.48 bits per heavy atom. The van der Waals surface area contributed by atoms with E-state index in [0.29, 0.717) is 28.7 Å². The number of rotatable bonds is 5. The van der Waals surface area contributed by atoms with E-state index in [9.17, 15) is 4.21 Å². The molecule has 5 nitrogen and oxygen atoms in total. The molecule has 0 aliphatic heterocycles. The predicted molar refractivity (Wildman–Crippen MR) is 87.8 cm³/mol. The van der Waals surface area contributed by atoms with Gasteiger partial charge in [-0.2, -0.15) is 5.10 Å². The van der Waals surface area contributed by atoms with Gasteiger partial charge in [0.2, 0.25) is 0 Å². The summed E-state index contributed by atoms with van der Waals surface area (Å²) in [5, 5.41) is 4.31. The highest BCUT2D eigenvalue weighted by molar-refractivity contribution is 9.10. The quantitative estimate of drug-likeness (QED) is 0.820. The minimum Gasteiger partial charge on any atom is -0.494 e. The molecule has 1 aromatic carbocycles. The van der Waals surface area contributed by atoms with E-state index in [-0.39, 0.29) is 0 Å². The van der Waals surface area contributed by atoms with Gasteiger partial charge in [0.15, 0.2) is 0 Å². The SMILES string of the molecule is CCOc1ccc(N)c(S(=O)Cc2c(Br)c(C)nn2C)c1. The monoisotopic (exact) mass is 371 g/mol. The van der Waals surface area contributed by atoms with E-state index in [4.69, 9.17) is 10.5 Å². The first-order chi connectivity index (χ1) is 9.93. The average Bonchev–Trinajstić information content (AvgIpc) is 2.67. The Bertz CT molecular complexity index is 685. The molecule has 1 aromatic heterocycles. The van der Waals surface area contributed by atoms with Crippen molar-refractivity contribution in [3.8, 4) is 5.75 Å². The number of benzene rings is 1. The molecule has 2 aromatic rings. The zero-order chi connectivity index (χ0) is 15.6. The van der Waals surface area contributed by atoms with Gasteiger partial charge in [-0.1, -0.05) is 0 Å². The smallest absolute Gasteiger partial charge is 0.120 e. The van der Waals surface area contributed by atoms with Crippen LogP contribution in [0.3, 0.4) is 0 Å². The van der Waals surface area contributed by atoms with Gasteiger partial charge in [-0.05, 0) is 48.0 Å². The minimum atomic E-state index is -1.26. The predicted octanol–water partition coefficient (Wildman–Crippen LogP) is 2.78. The second-order valence-electron chi connectivity index (χ2n) is 4.59. The van der Waals surface area contributed by atoms with Crippen molar-refractivity contribution in [1.82, 2.24) is 9.78 Å². The Hall–Kier alpha value is -1.34. The highest BCUT2D eigenvalue weighted by Crippen LogP contribution is 2.27. The van der Waals surface area contributed by atoms with Crippen molar-refractivity contribution < 1.29 is 8.95 Å². The highest BCUT2D eigenvalue weighted by Gasteiger charge is 2.17. The minimum absolute atomic E-state index is 0.345. The third-order valence-corrected chi connectivity index (χ3v) is 5.48. The number of hydrogen-bond donors (Lipinski definition) is 1. The molecular formula is C14H18BrN3O2S. The van der Waals surface area contributed by atoms with Gasteiger partial charge in [-0.15, -0.1) is 0 Å². The van der Waals surface area contributed by atoms with Crippen molar-refractivity contribution in [2.45, 2.75) is 24.5 Å². The van der Waals surface area contributed by atoms with Gasteiger partial charge < -0.3 is 10.5 Å². The second-order valence-corrected chi connectivity index (χ2v) is 6.80. The van der Waals surface area contributed by atoms with Crippen molar-refractivity contribution in [2.24, 2.45) is 7.05 Å². The number of ether oxygens (including phenoxy) is 1. The summed E-state index contributed by atoms with van der Waals surface area (Å²) in [5.41, 5.74) is 8.20. The standard InChI is InChI=1S/C14H18BrN3O2S/c1-4-20-10-5-6-11(16)13(7-10)21(19)8-12-14(15)9(2)17-18(12)3/h5-7H,4,8,16H2,1-3H3. The first-order valence-electron chi connectivity index (χ1n) is 6.52. The number of nitrogens with zero attached hydrogens (tertiary/aromatic N) is 2. The summed E-state index contributed by atoms with van der Waals surface area (Å²) in [4.78, 5) is 0.590. The maximum atomic E-state index is 12.6. The first-order valence-corrected chi connectivity index (χ1v) is 8.63. The molecule has 2 N–H and O–H groups in total. The van der Waals surface area contributed by atoms with E-state index in [0.717, 1.165) is 15.9 Å². The molecule has 7 heteroatoms. The van der Waals surface area contributed by atoms with E-state index in [1.807, 2.05) is 20.9 Å². The Balaban J connectivity index is 2.30. The molecule has 0 saturated carbocycles. The number of aryl methyl sites for hydroxylation is 2. The third-order valence-electron chi connectivity index (χ3n) is 3.07. The molecule has 2 rings (SSSR count). The fourth-order valence-corrected chi connectivity index (χ4v) is 3.98. The van der Waals surface area contributed by atoms with Crippen LogP contribution in [0.4, 0.5) is 5.69 Å². The lowest BCUT2D eigenvalue weighted by Crippen LogP contribution is -2.06. The molecule has 1 heterocycles. The molecule has 0 aliphatic carbocycles. The van der Waals surface area contributed by atoms with E-state index < -0.39 is 10.8 Å². The fourth-order valence-electron chi connectivity index (χ4n) is 2.01. The Kier molecular flexibility index (Phi) is 5.05. The van der Waals surface area contributed by atoms with Crippen molar-refractivity contribution in [2.75, 3.05) is 12.3 Å². The molecule has 1 unspecified atom stereocenters. The Labute approximate surface area is 135 Å². The number of halogens is 1. The fraction of sp³-hybridized carbons (Fsp3) is 0.357. The van der Waals surface area contributed by atoms with Crippen LogP contribution in [0.15, 0.2) is 27.6 Å². The summed E-state index contributed by atoms with van der Waals surface area (Å²) in [6, 6.07) is 5.25. The summed E-state index contributed by atoms with van der Waals surface area (Å²) < 4.78 is 20.7. The van der Waals surface area contributed by atoms with Crippen LogP contribution in [0.25, 0.3) is 0 Å². The van der Waals surface area contributed by atoms with Crippen LogP contribution >= 0.6 is 15.9 Å². The lowest BCUT2D eigenvalue weighted by Gasteiger charge is -2.09. The molecular weight excluding hydrogens is 354 g/mol. The normalized spacial score (nSPS) is 12.4. The van der Waals surface area contributed by atoms with Gasteiger partial charge in [0.05, 0.1) is 43.9 Å². The number of nitrogens with two attached hydrogens (primary N) is 1. The van der Waals surface area contributed by atoms with Gasteiger partial charge in [0.25, 0.3) is 0 Å². The van der Waals surface area contributed by atoms with Crippen LogP contribution in [0.2, 0.25) is 0 Å². The van der Waals surface area contributed by atoms with Crippen LogP contribution in [0, 0.1) is 6.92 Å². The zero-order valence-electron chi connectivity index (χ0n) is 12.2. The van der Waals surface area contributed by atoms with Crippen LogP contribution in [-0.2, 0) is 23.6 Å². The molecule has 0 saturated heterocycles. The van der Waals surface area contributed by atoms with E-state index in [1.165, 1.54) is 0 Å². The van der Waals surface area contributed by atoms with Gasteiger partial charge in [0.1, 0.15) is 5.75 Å². The summed E-state index contributed by atoms with van der Waals surface area (Å²) in [5.74, 6) is 1.02. The third kappa shape index (κ3) is 3.47. The van der Waals surface area contributed by atoms with E-state index in [2.05, 4.69) is 21.0 Å². The lowest BCUT2D eigenvalue weighted by molar-refractivity contribution is 0.339. The van der Waals surface area contributed by atoms with Gasteiger partial charge in [0, 0.05) is 12.7 Å².